The summed E-state index contributed by atoms with van der Waals surface area (Å²) in [4.78, 5) is 49.0. The standard InChI is InChI=1S/C29H36F3N5O5/c1-9-36(7)19-12-16(11-18(24(19)41-8)28(3,4)5)20(38)15-37-14-17-13-21(42-10-2)23(26(39)33-6)34-22(17)25(37)35-27(40)29(30,31)32/h11-13H,9-10,14-15H2,1-8H3,(H,33,39). The second-order valence-corrected chi connectivity index (χ2v) is 10.7. The van der Waals surface area contributed by atoms with Crippen LogP contribution < -0.4 is 19.7 Å². The van der Waals surface area contributed by atoms with Crippen LogP contribution in [0.25, 0.3) is 0 Å². The first-order chi connectivity index (χ1) is 19.6. The Morgan fingerprint density at radius 3 is 2.33 bits per heavy atom. The van der Waals surface area contributed by atoms with E-state index in [0.717, 1.165) is 5.56 Å². The number of pyridine rings is 1. The van der Waals surface area contributed by atoms with Gasteiger partial charge in [0.2, 0.25) is 0 Å². The lowest BCUT2D eigenvalue weighted by molar-refractivity contribution is -0.169. The van der Waals surface area contributed by atoms with Crippen molar-refractivity contribution in [1.29, 1.82) is 0 Å². The molecule has 10 nitrogen and oxygen atoms in total. The van der Waals surface area contributed by atoms with E-state index in [1.165, 1.54) is 18.0 Å². The average molecular weight is 592 g/mol. The number of Topliss-reactive ketones (excluding diaryl/α,β-unsaturated/α-hetero) is 1. The van der Waals surface area contributed by atoms with Gasteiger partial charge in [0, 0.05) is 43.9 Å². The van der Waals surface area contributed by atoms with Crippen LogP contribution in [0.3, 0.4) is 0 Å². The Balaban J connectivity index is 2.15. The molecule has 0 saturated heterocycles. The Morgan fingerprint density at radius 2 is 1.81 bits per heavy atom. The van der Waals surface area contributed by atoms with Crippen LogP contribution in [0.2, 0.25) is 0 Å². The van der Waals surface area contributed by atoms with Crippen LogP contribution in [0, 0.1) is 0 Å². The fraction of sp³-hybridized carbons (Fsp3) is 0.483. The molecule has 0 radical (unpaired) electrons. The van der Waals surface area contributed by atoms with Crippen molar-refractivity contribution >= 4 is 29.1 Å². The number of aromatic nitrogens is 1. The summed E-state index contributed by atoms with van der Waals surface area (Å²) in [5.41, 5.74) is 1.41. The molecule has 3 rings (SSSR count). The van der Waals surface area contributed by atoms with Crippen LogP contribution in [-0.2, 0) is 16.8 Å². The molecule has 1 aliphatic heterocycles. The van der Waals surface area contributed by atoms with E-state index >= 15 is 0 Å². The fourth-order valence-corrected chi connectivity index (χ4v) is 4.50. The lowest BCUT2D eigenvalue weighted by Gasteiger charge is -2.28. The lowest BCUT2D eigenvalue weighted by Crippen LogP contribution is -2.34. The minimum absolute atomic E-state index is 0.0872. The van der Waals surface area contributed by atoms with Crippen LogP contribution in [0.4, 0.5) is 18.9 Å². The summed E-state index contributed by atoms with van der Waals surface area (Å²) < 4.78 is 51.1. The largest absolute Gasteiger partial charge is 0.494 e. The van der Waals surface area contributed by atoms with Crippen molar-refractivity contribution in [2.45, 2.75) is 52.8 Å². The number of hydrogen-bond acceptors (Lipinski definition) is 7. The molecule has 2 amide bonds. The number of anilines is 1. The van der Waals surface area contributed by atoms with Gasteiger partial charge < -0.3 is 24.6 Å². The molecule has 0 spiro atoms. The lowest BCUT2D eigenvalue weighted by atomic mass is 9.84. The zero-order valence-electron chi connectivity index (χ0n) is 25.0. The number of aliphatic imine (C=N–C) groups is 1. The van der Waals surface area contributed by atoms with E-state index in [2.05, 4.69) is 15.3 Å². The summed E-state index contributed by atoms with van der Waals surface area (Å²) in [6, 6.07) is 4.86. The fourth-order valence-electron chi connectivity index (χ4n) is 4.50. The van der Waals surface area contributed by atoms with Gasteiger partial charge in [-0.25, -0.2) is 4.98 Å². The van der Waals surface area contributed by atoms with E-state index in [0.29, 0.717) is 29.1 Å². The Bertz CT molecular complexity index is 1420. The Labute approximate surface area is 242 Å². The number of benzene rings is 1. The highest BCUT2D eigenvalue weighted by atomic mass is 19.4. The van der Waals surface area contributed by atoms with Crippen LogP contribution in [-0.4, -0.2) is 80.4 Å². The monoisotopic (exact) mass is 591 g/mol. The Kier molecular flexibility index (Phi) is 9.53. The minimum Gasteiger partial charge on any atom is -0.494 e. The molecule has 0 fully saturated rings. The number of methoxy groups -OCH3 is 1. The number of alkyl halides is 3. The Morgan fingerprint density at radius 1 is 1.14 bits per heavy atom. The highest BCUT2D eigenvalue weighted by Gasteiger charge is 2.41. The SMILES string of the molecule is CCOc1cc2c(nc1C(=O)NC)C(=NC(=O)C(F)(F)F)N(CC(=O)c1cc(N(C)CC)c(OC)c(C(C)(C)C)c1)C2. The van der Waals surface area contributed by atoms with Gasteiger partial charge in [-0.05, 0) is 37.5 Å². The normalized spacial score (nSPS) is 14.1. The number of nitrogens with one attached hydrogen (secondary N) is 1. The van der Waals surface area contributed by atoms with Crippen molar-refractivity contribution in [3.05, 3.63) is 46.3 Å². The topological polar surface area (TPSA) is 113 Å². The number of ketones is 1. The van der Waals surface area contributed by atoms with Gasteiger partial charge in [-0.3, -0.25) is 14.4 Å². The number of nitrogens with zero attached hydrogens (tertiary/aromatic N) is 4. The van der Waals surface area contributed by atoms with Crippen LogP contribution in [0.1, 0.15) is 72.3 Å². The number of carbonyl (C=O) groups is 3. The molecule has 1 aliphatic rings. The van der Waals surface area contributed by atoms with Gasteiger partial charge in [0.25, 0.3) is 5.91 Å². The number of ether oxygens (including phenoxy) is 2. The number of fused-ring (bicyclic) bond motifs is 1. The van der Waals surface area contributed by atoms with Crippen molar-refractivity contribution < 1.29 is 37.0 Å². The van der Waals surface area contributed by atoms with Gasteiger partial charge in [-0.2, -0.15) is 18.2 Å². The maximum Gasteiger partial charge on any atom is 0.473 e. The van der Waals surface area contributed by atoms with E-state index in [9.17, 15) is 27.6 Å². The third kappa shape index (κ3) is 6.66. The van der Waals surface area contributed by atoms with Crippen LogP contribution in [0.15, 0.2) is 23.2 Å². The van der Waals surface area contributed by atoms with E-state index in [1.807, 2.05) is 39.6 Å². The molecule has 1 aromatic carbocycles. The third-order valence-corrected chi connectivity index (χ3v) is 6.75. The molecule has 0 aliphatic carbocycles. The van der Waals surface area contributed by atoms with Gasteiger partial charge >= 0.3 is 12.1 Å². The van der Waals surface area contributed by atoms with Crippen molar-refractivity contribution in [1.82, 2.24) is 15.2 Å². The maximum absolute atomic E-state index is 13.7. The first-order valence-electron chi connectivity index (χ1n) is 13.4. The average Bonchev–Trinajstić information content (AvgIpc) is 3.25. The number of amides is 2. The molecule has 2 heterocycles. The molecule has 1 N–H and O–H groups in total. The predicted octanol–water partition coefficient (Wildman–Crippen LogP) is 4.14. The van der Waals surface area contributed by atoms with Gasteiger partial charge in [-0.1, -0.05) is 20.8 Å². The van der Waals surface area contributed by atoms with Gasteiger partial charge in [0.15, 0.2) is 23.1 Å². The van der Waals surface area contributed by atoms with Gasteiger partial charge in [0.05, 0.1) is 25.9 Å². The smallest absolute Gasteiger partial charge is 0.473 e. The number of carbonyl (C=O) groups excluding carboxylic acids is 3. The van der Waals surface area contributed by atoms with Gasteiger partial charge in [-0.15, -0.1) is 0 Å². The highest BCUT2D eigenvalue weighted by Crippen LogP contribution is 2.40. The molecule has 42 heavy (non-hydrogen) atoms. The molecule has 2 aromatic rings. The van der Waals surface area contributed by atoms with Crippen molar-refractivity contribution in [2.75, 3.05) is 45.8 Å². The summed E-state index contributed by atoms with van der Waals surface area (Å²) in [5, 5.41) is 2.41. The number of amidine groups is 1. The Hall–Kier alpha value is -4.16. The van der Waals surface area contributed by atoms with Gasteiger partial charge in [0.1, 0.15) is 11.4 Å². The molecular formula is C29H36F3N5O5. The zero-order valence-corrected chi connectivity index (χ0v) is 25.0. The van der Waals surface area contributed by atoms with E-state index < -0.39 is 41.6 Å². The predicted molar refractivity (Wildman–Crippen MR) is 152 cm³/mol. The second kappa shape index (κ2) is 12.4. The summed E-state index contributed by atoms with van der Waals surface area (Å²) in [6.07, 6.45) is -5.25. The molecule has 0 saturated carbocycles. The second-order valence-electron chi connectivity index (χ2n) is 10.7. The van der Waals surface area contributed by atoms with Crippen molar-refractivity contribution in [3.63, 3.8) is 0 Å². The van der Waals surface area contributed by atoms with E-state index in [1.54, 1.807) is 26.2 Å². The summed E-state index contributed by atoms with van der Waals surface area (Å²) in [7, 11) is 4.78. The summed E-state index contributed by atoms with van der Waals surface area (Å²) >= 11 is 0. The number of hydrogen-bond donors (Lipinski definition) is 1. The first kappa shape index (κ1) is 32.4. The summed E-state index contributed by atoms with van der Waals surface area (Å²) in [6.45, 7) is 9.90. The molecule has 0 bridgehead atoms. The zero-order chi connectivity index (χ0) is 31.6. The third-order valence-electron chi connectivity index (χ3n) is 6.75. The molecule has 0 atom stereocenters. The maximum atomic E-state index is 13.7. The van der Waals surface area contributed by atoms with Crippen LogP contribution >= 0.6 is 0 Å². The molecular weight excluding hydrogens is 555 g/mol. The minimum atomic E-state index is -5.25. The quantitative estimate of drug-likeness (QED) is 0.433. The highest BCUT2D eigenvalue weighted by molar-refractivity contribution is 6.11. The van der Waals surface area contributed by atoms with Crippen molar-refractivity contribution in [2.24, 2.45) is 4.99 Å². The molecule has 13 heteroatoms. The molecule has 0 unspecified atom stereocenters. The van der Waals surface area contributed by atoms with E-state index in [-0.39, 0.29) is 30.3 Å². The van der Waals surface area contributed by atoms with E-state index in [4.69, 9.17) is 9.47 Å². The van der Waals surface area contributed by atoms with Crippen molar-refractivity contribution in [3.8, 4) is 11.5 Å². The molecule has 228 valence electrons. The summed E-state index contributed by atoms with van der Waals surface area (Å²) in [5.74, 6) is -3.15. The number of halogens is 3. The van der Waals surface area contributed by atoms with Crippen LogP contribution in [0.5, 0.6) is 11.5 Å². The molecule has 1 aromatic heterocycles. The number of rotatable bonds is 9. The first-order valence-corrected chi connectivity index (χ1v) is 13.4.